The van der Waals surface area contributed by atoms with E-state index in [4.69, 9.17) is 9.47 Å². The molecule has 1 aromatic rings. The molecular weight excluding hydrogens is 320 g/mol. The van der Waals surface area contributed by atoms with E-state index in [1.807, 2.05) is 36.1 Å². The first-order valence-corrected chi connectivity index (χ1v) is 9.07. The van der Waals surface area contributed by atoms with Gasteiger partial charge in [-0.2, -0.15) is 0 Å². The maximum atomic E-state index is 12.7. The van der Waals surface area contributed by atoms with Crippen LogP contribution in [-0.4, -0.2) is 62.8 Å². The highest BCUT2D eigenvalue weighted by atomic mass is 16.5. The molecule has 1 amide bonds. The van der Waals surface area contributed by atoms with E-state index in [0.29, 0.717) is 38.1 Å². The maximum Gasteiger partial charge on any atom is 0.309 e. The molecule has 1 aromatic carbocycles. The summed E-state index contributed by atoms with van der Waals surface area (Å²) in [6.45, 7) is 6.70. The number of rotatable bonds is 4. The van der Waals surface area contributed by atoms with Crippen LogP contribution in [-0.2, 0) is 14.3 Å². The number of hydrogen-bond donors (Lipinski definition) is 0. The third-order valence-electron chi connectivity index (χ3n) is 4.89. The van der Waals surface area contributed by atoms with Crippen molar-refractivity contribution in [3.05, 3.63) is 29.8 Å². The number of benzene rings is 1. The Morgan fingerprint density at radius 3 is 2.32 bits per heavy atom. The minimum absolute atomic E-state index is 0.0378. The lowest BCUT2D eigenvalue weighted by Crippen LogP contribution is -2.40. The Balaban J connectivity index is 1.55. The highest BCUT2D eigenvalue weighted by Gasteiger charge is 2.28. The van der Waals surface area contributed by atoms with Crippen molar-refractivity contribution < 1.29 is 19.1 Å². The summed E-state index contributed by atoms with van der Waals surface area (Å²) in [4.78, 5) is 28.6. The fourth-order valence-corrected chi connectivity index (χ4v) is 3.40. The van der Waals surface area contributed by atoms with Crippen LogP contribution in [0.15, 0.2) is 24.3 Å². The second-order valence-electron chi connectivity index (χ2n) is 6.46. The lowest BCUT2D eigenvalue weighted by Gasteiger charge is -2.31. The van der Waals surface area contributed by atoms with Crippen LogP contribution in [0, 0.1) is 5.92 Å². The average molecular weight is 346 g/mol. The quantitative estimate of drug-likeness (QED) is 0.780. The molecule has 0 aliphatic carbocycles. The Hall–Kier alpha value is -2.08. The highest BCUT2D eigenvalue weighted by Crippen LogP contribution is 2.22. The molecule has 0 N–H and O–H groups in total. The first kappa shape index (κ1) is 17.7. The van der Waals surface area contributed by atoms with Crippen molar-refractivity contribution in [3.63, 3.8) is 0 Å². The molecule has 6 heteroatoms. The summed E-state index contributed by atoms with van der Waals surface area (Å²) < 4.78 is 10.4. The van der Waals surface area contributed by atoms with E-state index < -0.39 is 0 Å². The van der Waals surface area contributed by atoms with Gasteiger partial charge in [0.15, 0.2) is 0 Å². The van der Waals surface area contributed by atoms with Crippen LogP contribution in [0.25, 0.3) is 0 Å². The number of carbonyl (C=O) groups is 2. The molecule has 2 saturated heterocycles. The van der Waals surface area contributed by atoms with Crippen LogP contribution in [0.3, 0.4) is 0 Å². The van der Waals surface area contributed by atoms with E-state index in [0.717, 1.165) is 32.0 Å². The van der Waals surface area contributed by atoms with Crippen LogP contribution in [0.4, 0.5) is 5.69 Å². The third-order valence-corrected chi connectivity index (χ3v) is 4.89. The van der Waals surface area contributed by atoms with E-state index in [9.17, 15) is 9.59 Å². The highest BCUT2D eigenvalue weighted by molar-refractivity contribution is 5.94. The van der Waals surface area contributed by atoms with Gasteiger partial charge in [0.2, 0.25) is 0 Å². The van der Waals surface area contributed by atoms with Crippen molar-refractivity contribution in [3.8, 4) is 0 Å². The fraction of sp³-hybridized carbons (Fsp3) is 0.579. The largest absolute Gasteiger partial charge is 0.466 e. The molecule has 0 aromatic heterocycles. The van der Waals surface area contributed by atoms with Gasteiger partial charge in [0.25, 0.3) is 5.91 Å². The number of esters is 1. The summed E-state index contributed by atoms with van der Waals surface area (Å²) in [5.41, 5.74) is 1.83. The number of carbonyl (C=O) groups excluding carboxylic acids is 2. The molecule has 136 valence electrons. The smallest absolute Gasteiger partial charge is 0.309 e. The van der Waals surface area contributed by atoms with Crippen LogP contribution < -0.4 is 4.90 Å². The van der Waals surface area contributed by atoms with Crippen LogP contribution in [0.1, 0.15) is 30.1 Å². The number of morpholine rings is 1. The normalized spacial score (nSPS) is 18.9. The zero-order valence-corrected chi connectivity index (χ0v) is 14.8. The van der Waals surface area contributed by atoms with E-state index >= 15 is 0 Å². The molecule has 0 spiro atoms. The molecule has 2 aliphatic rings. The third kappa shape index (κ3) is 4.31. The van der Waals surface area contributed by atoms with Crippen LogP contribution in [0.2, 0.25) is 0 Å². The number of amides is 1. The SMILES string of the molecule is CCOC(=O)C1CCN(C(=O)c2ccc(N3CCOCC3)cc2)CC1. The van der Waals surface area contributed by atoms with E-state index in [-0.39, 0.29) is 17.8 Å². The zero-order chi connectivity index (χ0) is 17.6. The summed E-state index contributed by atoms with van der Waals surface area (Å²) >= 11 is 0. The fourth-order valence-electron chi connectivity index (χ4n) is 3.40. The second-order valence-corrected chi connectivity index (χ2v) is 6.46. The number of nitrogens with zero attached hydrogens (tertiary/aromatic N) is 2. The molecule has 25 heavy (non-hydrogen) atoms. The van der Waals surface area contributed by atoms with Crippen molar-refractivity contribution in [2.45, 2.75) is 19.8 Å². The van der Waals surface area contributed by atoms with Gasteiger partial charge in [0.05, 0.1) is 25.7 Å². The summed E-state index contributed by atoms with van der Waals surface area (Å²) in [6.07, 6.45) is 1.35. The van der Waals surface area contributed by atoms with Crippen molar-refractivity contribution in [2.24, 2.45) is 5.92 Å². The minimum Gasteiger partial charge on any atom is -0.466 e. The Labute approximate surface area is 148 Å². The number of ether oxygens (including phenoxy) is 2. The predicted octanol–water partition coefficient (Wildman–Crippen LogP) is 1.94. The Kier molecular flexibility index (Phi) is 5.91. The lowest BCUT2D eigenvalue weighted by atomic mass is 9.96. The van der Waals surface area contributed by atoms with Gasteiger partial charge in [-0.1, -0.05) is 0 Å². The van der Waals surface area contributed by atoms with Gasteiger partial charge < -0.3 is 19.3 Å². The number of hydrogen-bond acceptors (Lipinski definition) is 5. The van der Waals surface area contributed by atoms with Gasteiger partial charge >= 0.3 is 5.97 Å². The van der Waals surface area contributed by atoms with Crippen molar-refractivity contribution in [1.82, 2.24) is 4.90 Å². The Morgan fingerprint density at radius 2 is 1.72 bits per heavy atom. The molecule has 0 radical (unpaired) electrons. The summed E-state index contributed by atoms with van der Waals surface area (Å²) in [5.74, 6) is -0.173. The summed E-state index contributed by atoms with van der Waals surface area (Å²) in [6, 6.07) is 7.79. The Bertz CT molecular complexity index is 588. The minimum atomic E-state index is -0.135. The second kappa shape index (κ2) is 8.34. The number of likely N-dealkylation sites (tertiary alicyclic amines) is 1. The van der Waals surface area contributed by atoms with Gasteiger partial charge in [-0.3, -0.25) is 9.59 Å². The monoisotopic (exact) mass is 346 g/mol. The first-order valence-electron chi connectivity index (χ1n) is 9.07. The molecule has 2 fully saturated rings. The number of piperidine rings is 1. The summed E-state index contributed by atoms with van der Waals surface area (Å²) in [7, 11) is 0. The van der Waals surface area contributed by atoms with Crippen LogP contribution in [0.5, 0.6) is 0 Å². The van der Waals surface area contributed by atoms with Crippen LogP contribution >= 0.6 is 0 Å². The standard InChI is InChI=1S/C19H26N2O4/c1-2-25-19(23)16-7-9-21(10-8-16)18(22)15-3-5-17(6-4-15)20-11-13-24-14-12-20/h3-6,16H,2,7-14H2,1H3. The van der Waals surface area contributed by atoms with Crippen molar-refractivity contribution in [1.29, 1.82) is 0 Å². The molecule has 0 saturated carbocycles. The lowest BCUT2D eigenvalue weighted by molar-refractivity contribution is -0.149. The van der Waals surface area contributed by atoms with Gasteiger partial charge in [-0.15, -0.1) is 0 Å². The molecule has 0 bridgehead atoms. The topological polar surface area (TPSA) is 59.1 Å². The average Bonchev–Trinajstić information content (AvgIpc) is 2.68. The Morgan fingerprint density at radius 1 is 1.08 bits per heavy atom. The summed E-state index contributed by atoms with van der Waals surface area (Å²) in [5, 5.41) is 0. The maximum absolute atomic E-state index is 12.7. The predicted molar refractivity (Wildman–Crippen MR) is 94.7 cm³/mol. The molecule has 0 atom stereocenters. The molecule has 0 unspecified atom stereocenters. The number of anilines is 1. The molecule has 6 nitrogen and oxygen atoms in total. The molecule has 3 rings (SSSR count). The van der Waals surface area contributed by atoms with Gasteiger partial charge in [-0.05, 0) is 44.0 Å². The zero-order valence-electron chi connectivity index (χ0n) is 14.8. The van der Waals surface area contributed by atoms with Gasteiger partial charge in [0.1, 0.15) is 0 Å². The van der Waals surface area contributed by atoms with E-state index in [1.165, 1.54) is 0 Å². The first-order chi connectivity index (χ1) is 12.2. The van der Waals surface area contributed by atoms with Gasteiger partial charge in [0, 0.05) is 37.4 Å². The molecule has 2 heterocycles. The van der Waals surface area contributed by atoms with E-state index in [1.54, 1.807) is 0 Å². The van der Waals surface area contributed by atoms with Crippen molar-refractivity contribution >= 4 is 17.6 Å². The van der Waals surface area contributed by atoms with Gasteiger partial charge in [-0.25, -0.2) is 0 Å². The molecule has 2 aliphatic heterocycles. The van der Waals surface area contributed by atoms with E-state index in [2.05, 4.69) is 4.90 Å². The van der Waals surface area contributed by atoms with Crippen molar-refractivity contribution in [2.75, 3.05) is 50.9 Å². The molecular formula is C19H26N2O4.